The standard InChI is InChI=1S/C33H40N4.C33H36O4.C29H28S4.C29H36Si4/c1-34(2)29-17-9-25(10-18-29)33(26-11-19-30(20-12-26)35(3)4,27-13-21-31(22-14-27)36(5)6)28-15-23-32(24-16-28)37(7)8;1-5-34-29-17-9-25(10-18-29)33(26-11-19-30(20-12-26)35-6-2,27-13-21-31(22-14-27)36-7-3)28-15-23-32(24-16-28)37-8-4;2*1-30-25-13-5-21(6-14-25)29(22-7-15-26(31-2)16-8-22,23-9-17-27(32-3)18-10-23)24-11-19-28(33-4)20-12-24/h9-24H,1-8H3;9-24H,5-8H2,1-4H3;5-20H,1-4H3;5-20H,30-33H2,1-4H3. The molecule has 0 N–H and O–H groups in total. The molecule has 0 saturated heterocycles. The fourth-order valence-electron chi connectivity index (χ4n) is 19.2. The lowest BCUT2D eigenvalue weighted by molar-refractivity contribution is 0.340. The van der Waals surface area contributed by atoms with Gasteiger partial charge in [-0.15, -0.1) is 47.0 Å². The van der Waals surface area contributed by atoms with E-state index in [4.69, 9.17) is 18.9 Å². The molecule has 0 bridgehead atoms. The summed E-state index contributed by atoms with van der Waals surface area (Å²) in [6.45, 7) is 20.0. The van der Waals surface area contributed by atoms with Gasteiger partial charge >= 0.3 is 0 Å². The fourth-order valence-corrected chi connectivity index (χ4v) is 23.7. The molecule has 0 fully saturated rings. The van der Waals surface area contributed by atoms with E-state index in [9.17, 15) is 0 Å². The normalized spacial score (nSPS) is 12.0. The second-order valence-corrected chi connectivity index (χ2v) is 45.3. The van der Waals surface area contributed by atoms with Crippen molar-refractivity contribution in [2.24, 2.45) is 0 Å². The Balaban J connectivity index is 0.000000157. The summed E-state index contributed by atoms with van der Waals surface area (Å²) in [5, 5.41) is 6.11. The van der Waals surface area contributed by atoms with Gasteiger partial charge in [0.25, 0.3) is 0 Å². The van der Waals surface area contributed by atoms with Crippen LogP contribution in [0.2, 0.25) is 26.2 Å². The van der Waals surface area contributed by atoms with E-state index >= 15 is 0 Å². The average molecular weight is 1990 g/mol. The fraction of sp³-hybridized carbons (Fsp3) is 0.226. The van der Waals surface area contributed by atoms with E-state index < -0.39 is 16.2 Å². The van der Waals surface area contributed by atoms with Crippen molar-refractivity contribution in [3.05, 3.63) is 477 Å². The van der Waals surface area contributed by atoms with Crippen LogP contribution in [0.1, 0.15) is 117 Å². The monoisotopic (exact) mass is 1990 g/mol. The highest BCUT2D eigenvalue weighted by atomic mass is 32.2. The molecule has 0 aliphatic heterocycles. The van der Waals surface area contributed by atoms with Crippen LogP contribution in [-0.2, 0) is 21.7 Å². The summed E-state index contributed by atoms with van der Waals surface area (Å²) in [5.41, 5.74) is 23.1. The minimum atomic E-state index is -0.592. The Labute approximate surface area is 863 Å². The van der Waals surface area contributed by atoms with E-state index in [1.165, 1.54) is 130 Å². The Bertz CT molecular complexity index is 5470. The molecule has 0 aliphatic rings. The van der Waals surface area contributed by atoms with Crippen LogP contribution in [0.15, 0.2) is 408 Å². The van der Waals surface area contributed by atoms with Gasteiger partial charge in [0.1, 0.15) is 23.0 Å². The molecule has 720 valence electrons. The predicted octanol–water partition coefficient (Wildman–Crippen LogP) is 24.4. The van der Waals surface area contributed by atoms with Crippen LogP contribution in [0, 0.1) is 0 Å². The van der Waals surface area contributed by atoms with E-state index in [1.807, 2.05) is 76.2 Å². The highest BCUT2D eigenvalue weighted by molar-refractivity contribution is 7.99. The van der Waals surface area contributed by atoms with Crippen molar-refractivity contribution in [2.45, 2.75) is 95.1 Å². The van der Waals surface area contributed by atoms with E-state index in [-0.39, 0.29) is 43.5 Å². The molecule has 16 heteroatoms. The number of rotatable bonds is 36. The maximum absolute atomic E-state index is 5.77. The SMILES string of the molecule is CCOc1ccc(C(c2ccc(OCC)cc2)(c2ccc(OCC)cc2)c2ccc(OCC)cc2)cc1.CN(C)c1ccc(C(c2ccc(N(C)C)cc2)(c2ccc(N(C)C)cc2)c2ccc(N(C)C)cc2)cc1.CSc1ccc(C(c2ccc(SC)cc2)(c2ccc(SC)cc2)c2ccc(SC)cc2)cc1.C[SiH2]c1ccc(C(c2ccc([SiH2]C)cc2)(c2ccc([SiH2]C)cc2)c2ccc([SiH2]C)cc2)cc1. The number of hydrogen-bond donors (Lipinski definition) is 0. The van der Waals surface area contributed by atoms with Gasteiger partial charge in [0.05, 0.1) is 86.2 Å². The van der Waals surface area contributed by atoms with Crippen molar-refractivity contribution < 1.29 is 18.9 Å². The number of hydrogen-bond acceptors (Lipinski definition) is 12. The van der Waals surface area contributed by atoms with Crippen molar-refractivity contribution in [2.75, 3.05) is 127 Å². The van der Waals surface area contributed by atoms with Gasteiger partial charge in [0, 0.05) is 98.7 Å². The second-order valence-electron chi connectivity index (χ2n) is 35.7. The first kappa shape index (κ1) is 106. The van der Waals surface area contributed by atoms with E-state index in [0.29, 0.717) is 26.4 Å². The van der Waals surface area contributed by atoms with Gasteiger partial charge in [0.2, 0.25) is 0 Å². The van der Waals surface area contributed by atoms with Crippen molar-refractivity contribution in [1.82, 2.24) is 0 Å². The average Bonchev–Trinajstić information content (AvgIpc) is 0.729. The third-order valence-electron chi connectivity index (χ3n) is 26.9. The molecule has 0 radical (unpaired) electrons. The van der Waals surface area contributed by atoms with Gasteiger partial charge in [-0.05, 0) is 287 Å². The van der Waals surface area contributed by atoms with Crippen LogP contribution in [0.5, 0.6) is 23.0 Å². The van der Waals surface area contributed by atoms with Crippen LogP contribution in [-0.4, -0.2) is 146 Å². The van der Waals surface area contributed by atoms with Gasteiger partial charge in [-0.1, -0.05) is 290 Å². The molecule has 0 aliphatic carbocycles. The predicted molar refractivity (Wildman–Crippen MR) is 624 cm³/mol. The third kappa shape index (κ3) is 23.8. The molecule has 0 heterocycles. The van der Waals surface area contributed by atoms with E-state index in [0.717, 1.165) is 45.3 Å². The molecule has 16 aromatic rings. The minimum absolute atomic E-state index is 0.169. The van der Waals surface area contributed by atoms with Crippen LogP contribution in [0.25, 0.3) is 0 Å². The smallest absolute Gasteiger partial charge is 0.119 e. The summed E-state index contributed by atoms with van der Waals surface area (Å²) in [7, 11) is 16.0. The van der Waals surface area contributed by atoms with Crippen molar-refractivity contribution in [1.29, 1.82) is 0 Å². The number of thioether (sulfide) groups is 4. The van der Waals surface area contributed by atoms with Gasteiger partial charge in [0.15, 0.2) is 0 Å². The zero-order chi connectivity index (χ0) is 99.4. The number of benzene rings is 16. The largest absolute Gasteiger partial charge is 0.494 e. The zero-order valence-electron chi connectivity index (χ0n) is 85.7. The zero-order valence-corrected chi connectivity index (χ0v) is 94.6. The first-order valence-corrected chi connectivity index (χ1v) is 62.5. The Morgan fingerprint density at radius 1 is 0.179 bits per heavy atom. The van der Waals surface area contributed by atoms with Gasteiger partial charge in [-0.25, -0.2) is 0 Å². The highest BCUT2D eigenvalue weighted by Gasteiger charge is 2.43. The van der Waals surface area contributed by atoms with Crippen LogP contribution >= 0.6 is 47.0 Å². The molecule has 140 heavy (non-hydrogen) atoms. The lowest BCUT2D eigenvalue weighted by atomic mass is 9.65. The molecule has 0 aromatic heterocycles. The summed E-state index contributed by atoms with van der Waals surface area (Å²) in [6, 6.07) is 144. The minimum Gasteiger partial charge on any atom is -0.494 e. The summed E-state index contributed by atoms with van der Waals surface area (Å²) in [6.07, 6.45) is 8.52. The highest BCUT2D eigenvalue weighted by Crippen LogP contribution is 2.52. The molecule has 0 saturated carbocycles. The first-order valence-electron chi connectivity index (χ1n) is 49.1. The summed E-state index contributed by atoms with van der Waals surface area (Å²) < 4.78 is 23.1. The van der Waals surface area contributed by atoms with Gasteiger partial charge in [-0.3, -0.25) is 0 Å². The molecular formula is C124H140N4O4S4Si4. The summed E-state index contributed by atoms with van der Waals surface area (Å²) >= 11 is 7.13. The third-order valence-corrected chi connectivity index (χ3v) is 35.1. The number of ether oxygens (including phenoxy) is 4. The lowest BCUT2D eigenvalue weighted by Crippen LogP contribution is -2.33. The van der Waals surface area contributed by atoms with Crippen LogP contribution in [0.3, 0.4) is 0 Å². The second kappa shape index (κ2) is 50.5. The van der Waals surface area contributed by atoms with Crippen LogP contribution < -0.4 is 59.3 Å². The number of anilines is 4. The molecule has 0 atom stereocenters. The molecule has 16 aromatic carbocycles. The molecule has 0 unspecified atom stereocenters. The van der Waals surface area contributed by atoms with Crippen LogP contribution in [0.4, 0.5) is 22.7 Å². The van der Waals surface area contributed by atoms with Crippen molar-refractivity contribution >= 4 is 129 Å². The quantitative estimate of drug-likeness (QED) is 0.0214. The summed E-state index contributed by atoms with van der Waals surface area (Å²) in [4.78, 5) is 13.7. The number of nitrogens with zero attached hydrogens (tertiary/aromatic N) is 4. The first-order chi connectivity index (χ1) is 68.1. The summed E-state index contributed by atoms with van der Waals surface area (Å²) in [5.74, 6) is 3.41. The lowest BCUT2D eigenvalue weighted by Gasteiger charge is -2.37. The van der Waals surface area contributed by atoms with Gasteiger partial charge < -0.3 is 38.5 Å². The van der Waals surface area contributed by atoms with Crippen molar-refractivity contribution in [3.63, 3.8) is 0 Å². The molecule has 8 nitrogen and oxygen atoms in total. The van der Waals surface area contributed by atoms with E-state index in [2.05, 4.69) is 467 Å². The molecule has 0 amide bonds. The Morgan fingerprint density at radius 2 is 0.293 bits per heavy atom. The molecule has 0 spiro atoms. The van der Waals surface area contributed by atoms with Gasteiger partial charge in [-0.2, -0.15) is 0 Å². The topological polar surface area (TPSA) is 49.9 Å². The van der Waals surface area contributed by atoms with Crippen molar-refractivity contribution in [3.8, 4) is 23.0 Å². The maximum Gasteiger partial charge on any atom is 0.119 e. The van der Waals surface area contributed by atoms with E-state index in [1.54, 1.807) is 47.0 Å². The molecule has 16 rings (SSSR count). The Kier molecular flexibility index (Phi) is 38.1. The Morgan fingerprint density at radius 3 is 0.400 bits per heavy atom. The Hall–Kier alpha value is -11.8. The maximum atomic E-state index is 5.77. The molecular weight excluding hydrogens is 1850 g/mol.